The molecule has 0 saturated heterocycles. The largest absolute Gasteiger partial charge is 0.456 e. The molecule has 27 heavy (non-hydrogen) atoms. The fraction of sp³-hybridized carbons (Fsp3) is 0.174. The van der Waals surface area contributed by atoms with Crippen LogP contribution in [-0.4, -0.2) is 20.1 Å². The fourth-order valence-corrected chi connectivity index (χ4v) is 3.79. The van der Waals surface area contributed by atoms with Gasteiger partial charge in [0.05, 0.1) is 5.57 Å². The number of benzene rings is 2. The van der Waals surface area contributed by atoms with Gasteiger partial charge in [-0.3, -0.25) is 0 Å². The van der Waals surface area contributed by atoms with E-state index in [1.54, 1.807) is 6.08 Å². The third kappa shape index (κ3) is 2.33. The van der Waals surface area contributed by atoms with E-state index in [-0.39, 0.29) is 5.97 Å². The summed E-state index contributed by atoms with van der Waals surface area (Å²) in [6.07, 6.45) is 5.40. The third-order valence-corrected chi connectivity index (χ3v) is 5.02. The molecular formula is C23H21NO3. The Morgan fingerprint density at radius 3 is 2.52 bits per heavy atom. The van der Waals surface area contributed by atoms with Gasteiger partial charge in [-0.25, -0.2) is 4.79 Å². The van der Waals surface area contributed by atoms with Crippen LogP contribution >= 0.6 is 0 Å². The van der Waals surface area contributed by atoms with Crippen LogP contribution in [0.3, 0.4) is 0 Å². The Hall–Kier alpha value is -3.27. The number of para-hydroxylation sites is 1. The quantitative estimate of drug-likeness (QED) is 0.744. The van der Waals surface area contributed by atoms with Gasteiger partial charge in [0.1, 0.15) is 11.5 Å². The van der Waals surface area contributed by atoms with Gasteiger partial charge < -0.3 is 14.4 Å². The molecular weight excluding hydrogens is 338 g/mol. The predicted molar refractivity (Wildman–Crippen MR) is 106 cm³/mol. The Morgan fingerprint density at radius 2 is 1.81 bits per heavy atom. The second-order valence-electron chi connectivity index (χ2n) is 6.78. The first-order valence-corrected chi connectivity index (χ1v) is 8.85. The van der Waals surface area contributed by atoms with Crippen molar-refractivity contribution in [2.75, 3.05) is 19.0 Å². The minimum atomic E-state index is -1.04. The molecule has 136 valence electrons. The van der Waals surface area contributed by atoms with E-state index >= 15 is 0 Å². The van der Waals surface area contributed by atoms with Crippen LogP contribution in [0.2, 0.25) is 0 Å². The lowest BCUT2D eigenvalue weighted by Crippen LogP contribution is -2.34. The Labute approximate surface area is 159 Å². The Morgan fingerprint density at radius 1 is 1.07 bits per heavy atom. The highest BCUT2D eigenvalue weighted by molar-refractivity contribution is 5.98. The van der Waals surface area contributed by atoms with Crippen LogP contribution in [-0.2, 0) is 15.1 Å². The maximum absolute atomic E-state index is 12.7. The van der Waals surface area contributed by atoms with Gasteiger partial charge in [0.2, 0.25) is 0 Å². The number of rotatable bonds is 3. The summed E-state index contributed by atoms with van der Waals surface area (Å²) in [5.74, 6) is 0.985. The van der Waals surface area contributed by atoms with E-state index in [1.807, 2.05) is 80.5 Å². The number of ether oxygens (including phenoxy) is 2. The molecule has 0 saturated carbocycles. The van der Waals surface area contributed by atoms with E-state index < -0.39 is 5.60 Å². The van der Waals surface area contributed by atoms with Gasteiger partial charge in [0.15, 0.2) is 5.60 Å². The first-order chi connectivity index (χ1) is 13.0. The normalized spacial score (nSPS) is 20.3. The van der Waals surface area contributed by atoms with E-state index in [2.05, 4.69) is 6.58 Å². The summed E-state index contributed by atoms with van der Waals surface area (Å²) in [6, 6.07) is 13.6. The molecule has 4 rings (SSSR count). The highest BCUT2D eigenvalue weighted by Gasteiger charge is 2.53. The molecule has 2 aliphatic heterocycles. The molecule has 2 heterocycles. The summed E-state index contributed by atoms with van der Waals surface area (Å²) >= 11 is 0. The number of allylic oxidation sites excluding steroid dienone is 1. The molecule has 0 aromatic heterocycles. The summed E-state index contributed by atoms with van der Waals surface area (Å²) in [6.45, 7) is 5.74. The number of hydrogen-bond donors (Lipinski definition) is 0. The minimum absolute atomic E-state index is 0.377. The Kier molecular flexibility index (Phi) is 3.92. The Bertz CT molecular complexity index is 1020. The number of carbonyl (C=O) groups is 1. The fourth-order valence-electron chi connectivity index (χ4n) is 3.79. The van der Waals surface area contributed by atoms with Gasteiger partial charge in [-0.15, -0.1) is 0 Å². The van der Waals surface area contributed by atoms with Gasteiger partial charge in [-0.2, -0.15) is 0 Å². The number of nitrogens with zero attached hydrogens (tertiary/aromatic N) is 1. The van der Waals surface area contributed by atoms with E-state index in [0.29, 0.717) is 17.1 Å². The molecule has 0 fully saturated rings. The zero-order chi connectivity index (χ0) is 19.2. The van der Waals surface area contributed by atoms with E-state index in [1.165, 1.54) is 0 Å². The average molecular weight is 359 g/mol. The Balaban J connectivity index is 2.08. The molecule has 1 spiro atoms. The summed E-state index contributed by atoms with van der Waals surface area (Å²) in [5.41, 5.74) is 2.85. The molecule has 2 aliphatic rings. The number of hydrogen-bond acceptors (Lipinski definition) is 4. The summed E-state index contributed by atoms with van der Waals surface area (Å²) in [5, 5.41) is 0. The summed E-state index contributed by atoms with van der Waals surface area (Å²) in [7, 11) is 3.95. The molecule has 4 nitrogen and oxygen atoms in total. The predicted octanol–water partition coefficient (Wildman–Crippen LogP) is 4.72. The maximum atomic E-state index is 12.7. The molecule has 1 atom stereocenters. The van der Waals surface area contributed by atoms with Crippen molar-refractivity contribution in [3.63, 3.8) is 0 Å². The van der Waals surface area contributed by atoms with Crippen LogP contribution < -0.4 is 9.64 Å². The molecule has 2 aromatic rings. The van der Waals surface area contributed by atoms with Crippen molar-refractivity contribution in [3.05, 3.63) is 89.5 Å². The van der Waals surface area contributed by atoms with Gasteiger partial charge in [-0.1, -0.05) is 43.0 Å². The maximum Gasteiger partial charge on any atom is 0.340 e. The van der Waals surface area contributed by atoms with Crippen LogP contribution in [0.5, 0.6) is 11.5 Å². The second-order valence-corrected chi connectivity index (χ2v) is 6.78. The topological polar surface area (TPSA) is 38.8 Å². The molecule has 2 aromatic carbocycles. The van der Waals surface area contributed by atoms with E-state index in [9.17, 15) is 4.79 Å². The van der Waals surface area contributed by atoms with E-state index in [4.69, 9.17) is 9.47 Å². The van der Waals surface area contributed by atoms with Crippen LogP contribution in [0.4, 0.5) is 5.69 Å². The molecule has 0 amide bonds. The van der Waals surface area contributed by atoms with Crippen molar-refractivity contribution in [1.82, 2.24) is 0 Å². The van der Waals surface area contributed by atoms with Gasteiger partial charge in [0, 0.05) is 42.5 Å². The second kappa shape index (κ2) is 6.16. The third-order valence-electron chi connectivity index (χ3n) is 5.02. The molecule has 0 aliphatic carbocycles. The summed E-state index contributed by atoms with van der Waals surface area (Å²) in [4.78, 5) is 14.7. The van der Waals surface area contributed by atoms with Gasteiger partial charge in [0.25, 0.3) is 0 Å². The first kappa shape index (κ1) is 17.2. The average Bonchev–Trinajstić information content (AvgIpc) is 2.94. The van der Waals surface area contributed by atoms with Crippen molar-refractivity contribution in [2.24, 2.45) is 0 Å². The van der Waals surface area contributed by atoms with Gasteiger partial charge >= 0.3 is 5.97 Å². The summed E-state index contributed by atoms with van der Waals surface area (Å²) < 4.78 is 12.3. The monoisotopic (exact) mass is 359 g/mol. The number of carbonyl (C=O) groups excluding carboxylic acids is 1. The lowest BCUT2D eigenvalue weighted by atomic mass is 9.77. The van der Waals surface area contributed by atoms with Crippen LogP contribution in [0.15, 0.2) is 78.4 Å². The number of esters is 1. The molecule has 1 unspecified atom stereocenters. The van der Waals surface area contributed by atoms with Crippen LogP contribution in [0, 0.1) is 0 Å². The SMILES string of the molecule is C=CC1=C(/C=C\C)C2(OC1=O)c1ccccc1Oc1cc(N(C)C)ccc12. The first-order valence-electron chi connectivity index (χ1n) is 8.85. The van der Waals surface area contributed by atoms with Crippen molar-refractivity contribution in [2.45, 2.75) is 12.5 Å². The molecule has 4 heteroatoms. The lowest BCUT2D eigenvalue weighted by molar-refractivity contribution is -0.144. The number of anilines is 1. The molecule has 0 radical (unpaired) electrons. The number of fused-ring (bicyclic) bond motifs is 4. The van der Waals surface area contributed by atoms with Crippen LogP contribution in [0.25, 0.3) is 0 Å². The van der Waals surface area contributed by atoms with Crippen LogP contribution in [0.1, 0.15) is 18.1 Å². The van der Waals surface area contributed by atoms with Crippen molar-refractivity contribution < 1.29 is 14.3 Å². The van der Waals surface area contributed by atoms with E-state index in [0.717, 1.165) is 22.4 Å². The smallest absolute Gasteiger partial charge is 0.340 e. The molecule has 0 bridgehead atoms. The van der Waals surface area contributed by atoms with Gasteiger partial charge in [-0.05, 0) is 25.1 Å². The highest BCUT2D eigenvalue weighted by Crippen LogP contribution is 2.56. The standard InChI is InChI=1S/C23H21NO3/c1-5-9-17-16(6-2)22(25)27-23(17)18-10-7-8-11-20(18)26-21-14-15(24(3)4)12-13-19(21)23/h5-14H,2H2,1,3-4H3/b9-5-. The minimum Gasteiger partial charge on any atom is -0.456 e. The zero-order valence-electron chi connectivity index (χ0n) is 15.7. The highest BCUT2D eigenvalue weighted by atomic mass is 16.6. The molecule has 0 N–H and O–H groups in total. The van der Waals surface area contributed by atoms with Crippen molar-refractivity contribution >= 4 is 11.7 Å². The van der Waals surface area contributed by atoms with Crippen molar-refractivity contribution in [3.8, 4) is 11.5 Å². The lowest BCUT2D eigenvalue weighted by Gasteiger charge is -2.37. The zero-order valence-corrected chi connectivity index (χ0v) is 15.7. The van der Waals surface area contributed by atoms with Crippen molar-refractivity contribution in [1.29, 1.82) is 0 Å².